The van der Waals surface area contributed by atoms with Gasteiger partial charge in [0.25, 0.3) is 5.91 Å². The van der Waals surface area contributed by atoms with E-state index in [9.17, 15) is 9.18 Å². The molecule has 1 atom stereocenters. The van der Waals surface area contributed by atoms with E-state index in [1.165, 1.54) is 25.3 Å². The van der Waals surface area contributed by atoms with Crippen LogP contribution in [0, 0.1) is 5.82 Å². The van der Waals surface area contributed by atoms with E-state index in [-0.39, 0.29) is 17.7 Å². The Morgan fingerprint density at radius 3 is 2.83 bits per heavy atom. The molecule has 0 aromatic heterocycles. The maximum absolute atomic E-state index is 13.2. The quantitative estimate of drug-likeness (QED) is 0.809. The molecular weight excluding hydrogens is 257 g/mol. The van der Waals surface area contributed by atoms with Gasteiger partial charge in [-0.15, -0.1) is 11.6 Å². The molecule has 0 saturated carbocycles. The Bertz CT molecular complexity index is 412. The predicted octanol–water partition coefficient (Wildman–Crippen LogP) is 2.97. The summed E-state index contributed by atoms with van der Waals surface area (Å²) in [5, 5.41) is 2.85. The van der Waals surface area contributed by atoms with E-state index >= 15 is 0 Å². The van der Waals surface area contributed by atoms with Crippen molar-refractivity contribution >= 4 is 17.5 Å². The minimum atomic E-state index is -0.484. The van der Waals surface area contributed by atoms with Gasteiger partial charge < -0.3 is 10.1 Å². The van der Waals surface area contributed by atoms with Crippen LogP contribution in [0.25, 0.3) is 0 Å². The van der Waals surface area contributed by atoms with Gasteiger partial charge in [-0.1, -0.05) is 6.92 Å². The van der Waals surface area contributed by atoms with E-state index in [0.29, 0.717) is 17.9 Å². The highest BCUT2D eigenvalue weighted by molar-refractivity contribution is 6.17. The van der Waals surface area contributed by atoms with Crippen molar-refractivity contribution in [2.45, 2.75) is 25.8 Å². The Labute approximate surface area is 111 Å². The maximum Gasteiger partial charge on any atom is 0.251 e. The topological polar surface area (TPSA) is 38.3 Å². The first-order valence-electron chi connectivity index (χ1n) is 5.82. The van der Waals surface area contributed by atoms with Crippen LogP contribution >= 0.6 is 11.6 Å². The van der Waals surface area contributed by atoms with Gasteiger partial charge in [-0.3, -0.25) is 4.79 Å². The Morgan fingerprint density at radius 1 is 1.56 bits per heavy atom. The maximum atomic E-state index is 13.2. The molecule has 0 aliphatic carbocycles. The van der Waals surface area contributed by atoms with Crippen LogP contribution in [0.5, 0.6) is 5.75 Å². The lowest BCUT2D eigenvalue weighted by Crippen LogP contribution is -2.34. The molecule has 1 unspecified atom stereocenters. The smallest absolute Gasteiger partial charge is 0.251 e. The van der Waals surface area contributed by atoms with Crippen LogP contribution in [0.4, 0.5) is 4.39 Å². The lowest BCUT2D eigenvalue weighted by atomic mass is 10.1. The highest BCUT2D eigenvalue weighted by atomic mass is 35.5. The normalized spacial score (nSPS) is 12.0. The molecule has 0 spiro atoms. The van der Waals surface area contributed by atoms with Crippen molar-refractivity contribution in [3.63, 3.8) is 0 Å². The van der Waals surface area contributed by atoms with E-state index in [0.717, 1.165) is 6.42 Å². The van der Waals surface area contributed by atoms with Crippen LogP contribution < -0.4 is 10.1 Å². The Morgan fingerprint density at radius 2 is 2.28 bits per heavy atom. The van der Waals surface area contributed by atoms with E-state index in [4.69, 9.17) is 16.3 Å². The van der Waals surface area contributed by atoms with Crippen LogP contribution in [-0.2, 0) is 0 Å². The molecule has 0 aliphatic heterocycles. The third-order valence-corrected chi connectivity index (χ3v) is 2.92. The van der Waals surface area contributed by atoms with Gasteiger partial charge in [0.2, 0.25) is 0 Å². The molecule has 1 N–H and O–H groups in total. The second-order valence-corrected chi connectivity index (χ2v) is 4.28. The van der Waals surface area contributed by atoms with Gasteiger partial charge in [-0.2, -0.15) is 0 Å². The standard InChI is InChI=1S/C13H17ClFNO2/c1-3-10(6-7-14)16-13(17)9-4-5-11(15)12(8-9)18-2/h4-5,8,10H,3,6-7H2,1-2H3,(H,16,17). The lowest BCUT2D eigenvalue weighted by Gasteiger charge is -2.15. The first kappa shape index (κ1) is 14.8. The summed E-state index contributed by atoms with van der Waals surface area (Å²) in [4.78, 5) is 11.9. The number of amides is 1. The number of alkyl halides is 1. The first-order chi connectivity index (χ1) is 8.62. The number of nitrogens with one attached hydrogen (secondary N) is 1. The monoisotopic (exact) mass is 273 g/mol. The van der Waals surface area contributed by atoms with E-state index in [2.05, 4.69) is 5.32 Å². The van der Waals surface area contributed by atoms with Crippen molar-refractivity contribution in [2.75, 3.05) is 13.0 Å². The minimum absolute atomic E-state index is 0.0334. The number of carbonyl (C=O) groups excluding carboxylic acids is 1. The first-order valence-corrected chi connectivity index (χ1v) is 6.36. The molecule has 3 nitrogen and oxygen atoms in total. The van der Waals surface area contributed by atoms with E-state index in [1.54, 1.807) is 0 Å². The average molecular weight is 274 g/mol. The van der Waals surface area contributed by atoms with Gasteiger partial charge >= 0.3 is 0 Å². The molecule has 0 saturated heterocycles. The molecule has 0 bridgehead atoms. The van der Waals surface area contributed by atoms with E-state index in [1.807, 2.05) is 6.92 Å². The zero-order chi connectivity index (χ0) is 13.5. The highest BCUT2D eigenvalue weighted by Crippen LogP contribution is 2.18. The third-order valence-electron chi connectivity index (χ3n) is 2.70. The number of hydrogen-bond acceptors (Lipinski definition) is 2. The average Bonchev–Trinajstić information content (AvgIpc) is 2.38. The summed E-state index contributed by atoms with van der Waals surface area (Å²) in [6.07, 6.45) is 1.51. The lowest BCUT2D eigenvalue weighted by molar-refractivity contribution is 0.0934. The van der Waals surface area contributed by atoms with E-state index < -0.39 is 5.82 Å². The van der Waals surface area contributed by atoms with Crippen molar-refractivity contribution < 1.29 is 13.9 Å². The SMILES string of the molecule is CCC(CCCl)NC(=O)c1ccc(F)c(OC)c1. The number of halogens is 2. The third kappa shape index (κ3) is 3.88. The summed E-state index contributed by atoms with van der Waals surface area (Å²) in [6, 6.07) is 4.07. The fourth-order valence-corrected chi connectivity index (χ4v) is 1.84. The molecule has 0 radical (unpaired) electrons. The molecule has 18 heavy (non-hydrogen) atoms. The van der Waals surface area contributed by atoms with Crippen molar-refractivity contribution in [2.24, 2.45) is 0 Å². The summed E-state index contributed by atoms with van der Waals surface area (Å²) >= 11 is 5.65. The fourth-order valence-electron chi connectivity index (χ4n) is 1.58. The Hall–Kier alpha value is -1.29. The number of carbonyl (C=O) groups is 1. The molecule has 1 rings (SSSR count). The molecule has 0 fully saturated rings. The van der Waals surface area contributed by atoms with Crippen LogP contribution in [0.1, 0.15) is 30.1 Å². The molecule has 1 amide bonds. The number of methoxy groups -OCH3 is 1. The number of ether oxygens (including phenoxy) is 1. The highest BCUT2D eigenvalue weighted by Gasteiger charge is 2.13. The molecule has 0 aliphatic rings. The second kappa shape index (κ2) is 7.21. The van der Waals surface area contributed by atoms with Crippen LogP contribution in [0.15, 0.2) is 18.2 Å². The second-order valence-electron chi connectivity index (χ2n) is 3.91. The summed E-state index contributed by atoms with van der Waals surface area (Å²) in [7, 11) is 1.36. The van der Waals surface area contributed by atoms with Crippen molar-refractivity contribution in [3.8, 4) is 5.75 Å². The molecule has 5 heteroatoms. The molecular formula is C13H17ClFNO2. The van der Waals surface area contributed by atoms with Gasteiger partial charge in [0.15, 0.2) is 11.6 Å². The Kier molecular flexibility index (Phi) is 5.92. The molecule has 1 aromatic carbocycles. The summed E-state index contributed by atoms with van der Waals surface area (Å²) in [5.74, 6) is -0.175. The van der Waals surface area contributed by atoms with Gasteiger partial charge in [0, 0.05) is 17.5 Å². The van der Waals surface area contributed by atoms with Crippen molar-refractivity contribution in [1.82, 2.24) is 5.32 Å². The molecule has 1 aromatic rings. The Balaban J connectivity index is 2.77. The minimum Gasteiger partial charge on any atom is -0.494 e. The summed E-state index contributed by atoms with van der Waals surface area (Å²) < 4.78 is 18.0. The number of benzene rings is 1. The van der Waals surface area contributed by atoms with Crippen LogP contribution in [-0.4, -0.2) is 24.9 Å². The number of rotatable bonds is 6. The number of hydrogen-bond donors (Lipinski definition) is 1. The van der Waals surface area contributed by atoms with Crippen LogP contribution in [0.3, 0.4) is 0 Å². The molecule has 100 valence electrons. The van der Waals surface area contributed by atoms with Gasteiger partial charge in [0.05, 0.1) is 7.11 Å². The van der Waals surface area contributed by atoms with Crippen molar-refractivity contribution in [1.29, 1.82) is 0 Å². The zero-order valence-electron chi connectivity index (χ0n) is 10.5. The van der Waals surface area contributed by atoms with Crippen LogP contribution in [0.2, 0.25) is 0 Å². The largest absolute Gasteiger partial charge is 0.494 e. The van der Waals surface area contributed by atoms with Gasteiger partial charge in [0.1, 0.15) is 0 Å². The fraction of sp³-hybridized carbons (Fsp3) is 0.462. The van der Waals surface area contributed by atoms with Gasteiger partial charge in [-0.25, -0.2) is 4.39 Å². The summed E-state index contributed by atoms with van der Waals surface area (Å²) in [6.45, 7) is 1.97. The summed E-state index contributed by atoms with van der Waals surface area (Å²) in [5.41, 5.74) is 0.376. The van der Waals surface area contributed by atoms with Gasteiger partial charge in [-0.05, 0) is 31.0 Å². The molecule has 0 heterocycles. The zero-order valence-corrected chi connectivity index (χ0v) is 11.3. The van der Waals surface area contributed by atoms with Crippen molar-refractivity contribution in [3.05, 3.63) is 29.6 Å². The predicted molar refractivity (Wildman–Crippen MR) is 69.8 cm³/mol.